The molecule has 0 spiro atoms. The molecule has 196 valence electrons. The van der Waals surface area contributed by atoms with Gasteiger partial charge in [-0.1, -0.05) is 63.6 Å². The van der Waals surface area contributed by atoms with Crippen molar-refractivity contribution in [1.29, 1.82) is 0 Å². The van der Waals surface area contributed by atoms with Gasteiger partial charge in [0, 0.05) is 42.3 Å². The van der Waals surface area contributed by atoms with Crippen LogP contribution in [0, 0.1) is 0 Å². The molecule has 0 unspecified atom stereocenters. The van der Waals surface area contributed by atoms with Crippen LogP contribution in [0.25, 0.3) is 16.5 Å². The van der Waals surface area contributed by atoms with Crippen LogP contribution in [0.4, 0.5) is 0 Å². The quantitative estimate of drug-likeness (QED) is 0.269. The van der Waals surface area contributed by atoms with E-state index in [1.165, 1.54) is 33.4 Å². The van der Waals surface area contributed by atoms with Gasteiger partial charge < -0.3 is 5.73 Å². The van der Waals surface area contributed by atoms with Crippen LogP contribution < -0.4 is 5.73 Å². The van der Waals surface area contributed by atoms with Gasteiger partial charge in [0.05, 0.1) is 5.52 Å². The summed E-state index contributed by atoms with van der Waals surface area (Å²) in [5, 5.41) is 5.55. The van der Waals surface area contributed by atoms with Crippen LogP contribution >= 0.6 is 11.3 Å². The van der Waals surface area contributed by atoms with Crippen molar-refractivity contribution in [2.24, 2.45) is 5.73 Å². The monoisotopic (exact) mass is 523 g/mol. The maximum Gasteiger partial charge on any atom is 0.248 e. The number of likely N-dealkylation sites (tertiary alicyclic amines) is 1. The Labute approximate surface area is 230 Å². The van der Waals surface area contributed by atoms with Crippen LogP contribution in [-0.2, 0) is 6.54 Å². The summed E-state index contributed by atoms with van der Waals surface area (Å²) in [7, 11) is 0. The normalized spacial score (nSPS) is 14.5. The second kappa shape index (κ2) is 11.2. The summed E-state index contributed by atoms with van der Waals surface area (Å²) < 4.78 is 0. The first-order valence-corrected chi connectivity index (χ1v) is 14.6. The van der Waals surface area contributed by atoms with Crippen LogP contribution in [-0.4, -0.2) is 28.9 Å². The number of rotatable bonds is 7. The summed E-state index contributed by atoms with van der Waals surface area (Å²) in [6.45, 7) is 11.8. The highest BCUT2D eigenvalue weighted by Gasteiger charge is 2.27. The van der Waals surface area contributed by atoms with Crippen LogP contribution in [0.3, 0.4) is 0 Å². The maximum atomic E-state index is 12.5. The minimum absolute atomic E-state index is 0.180. The van der Waals surface area contributed by atoms with Crippen LogP contribution in [0.2, 0.25) is 0 Å². The highest BCUT2D eigenvalue weighted by molar-refractivity contribution is 7.07. The maximum absolute atomic E-state index is 12.5. The molecule has 4 aromatic rings. The number of benzene rings is 2. The molecule has 0 saturated carbocycles. The summed E-state index contributed by atoms with van der Waals surface area (Å²) in [6, 6.07) is 16.9. The second-order valence-electron chi connectivity index (χ2n) is 10.9. The van der Waals surface area contributed by atoms with Crippen molar-refractivity contribution in [3.63, 3.8) is 0 Å². The molecule has 3 heterocycles. The Kier molecular flexibility index (Phi) is 7.78. The number of hydrogen-bond donors (Lipinski definition) is 1. The smallest absolute Gasteiger partial charge is 0.248 e. The largest absolute Gasteiger partial charge is 0.366 e. The van der Waals surface area contributed by atoms with Crippen LogP contribution in [0.5, 0.6) is 0 Å². The number of fused-ring (bicyclic) bond motifs is 1. The van der Waals surface area contributed by atoms with Gasteiger partial charge in [-0.2, -0.15) is 11.3 Å². The van der Waals surface area contributed by atoms with Gasteiger partial charge in [-0.3, -0.25) is 14.7 Å². The summed E-state index contributed by atoms with van der Waals surface area (Å²) in [4.78, 5) is 19.9. The minimum Gasteiger partial charge on any atom is -0.366 e. The predicted molar refractivity (Wildman–Crippen MR) is 160 cm³/mol. The average molecular weight is 524 g/mol. The molecule has 2 N–H and O–H groups in total. The van der Waals surface area contributed by atoms with Gasteiger partial charge in [0.15, 0.2) is 0 Å². The Hall–Kier alpha value is -3.28. The zero-order chi connectivity index (χ0) is 26.8. The van der Waals surface area contributed by atoms with Gasteiger partial charge in [-0.25, -0.2) is 0 Å². The van der Waals surface area contributed by atoms with Gasteiger partial charge in [0.2, 0.25) is 5.91 Å². The minimum atomic E-state index is -0.357. The van der Waals surface area contributed by atoms with Gasteiger partial charge in [0.25, 0.3) is 0 Å². The summed E-state index contributed by atoms with van der Waals surface area (Å²) in [6.07, 6.45) is 3.90. The third-order valence-electron chi connectivity index (χ3n) is 7.68. The van der Waals surface area contributed by atoms with E-state index in [0.717, 1.165) is 48.9 Å². The number of amides is 1. The average Bonchev–Trinajstić information content (AvgIpc) is 3.42. The Balaban J connectivity index is 1.71. The highest BCUT2D eigenvalue weighted by atomic mass is 32.1. The fourth-order valence-electron chi connectivity index (χ4n) is 6.02. The van der Waals surface area contributed by atoms with Gasteiger partial charge >= 0.3 is 0 Å². The second-order valence-corrected chi connectivity index (χ2v) is 11.7. The third-order valence-corrected chi connectivity index (χ3v) is 8.41. The zero-order valence-corrected chi connectivity index (χ0v) is 23.6. The summed E-state index contributed by atoms with van der Waals surface area (Å²) in [5.41, 5.74) is 16.4. The lowest BCUT2D eigenvalue weighted by molar-refractivity contribution is 0.0999. The lowest BCUT2D eigenvalue weighted by atomic mass is 9.78. The van der Waals surface area contributed by atoms with E-state index < -0.39 is 0 Å². The van der Waals surface area contributed by atoms with E-state index in [9.17, 15) is 4.79 Å². The molecule has 4 nitrogen and oxygen atoms in total. The summed E-state index contributed by atoms with van der Waals surface area (Å²) in [5.74, 6) is 0.0584. The number of primary amides is 1. The molecule has 1 saturated heterocycles. The van der Waals surface area contributed by atoms with E-state index in [4.69, 9.17) is 10.7 Å². The van der Waals surface area contributed by atoms with E-state index >= 15 is 0 Å². The molecule has 1 aliphatic heterocycles. The van der Waals surface area contributed by atoms with E-state index in [2.05, 4.69) is 79.8 Å². The lowest BCUT2D eigenvalue weighted by Gasteiger charge is -2.31. The lowest BCUT2D eigenvalue weighted by Crippen LogP contribution is -2.30. The molecular formula is C33H37N3OS. The van der Waals surface area contributed by atoms with Crippen molar-refractivity contribution in [3.05, 3.63) is 104 Å². The van der Waals surface area contributed by atoms with Gasteiger partial charge in [-0.05, 0) is 81.5 Å². The predicted octanol–water partition coefficient (Wildman–Crippen LogP) is 7.74. The number of piperidine rings is 1. The van der Waals surface area contributed by atoms with Crippen molar-refractivity contribution in [3.8, 4) is 0 Å². The fourth-order valence-corrected chi connectivity index (χ4v) is 6.68. The first kappa shape index (κ1) is 26.3. The van der Waals surface area contributed by atoms with E-state index in [0.29, 0.717) is 5.56 Å². The molecular weight excluding hydrogens is 486 g/mol. The number of hydrogen-bond acceptors (Lipinski definition) is 4. The number of carbonyl (C=O) groups is 1. The van der Waals surface area contributed by atoms with E-state index in [1.807, 2.05) is 18.3 Å². The number of aromatic nitrogens is 1. The molecule has 0 radical (unpaired) electrons. The molecule has 1 amide bonds. The van der Waals surface area contributed by atoms with E-state index in [-0.39, 0.29) is 17.7 Å². The zero-order valence-electron chi connectivity index (χ0n) is 22.8. The van der Waals surface area contributed by atoms with Gasteiger partial charge in [-0.15, -0.1) is 0 Å². The van der Waals surface area contributed by atoms with Crippen LogP contribution in [0.1, 0.15) is 90.5 Å². The van der Waals surface area contributed by atoms with E-state index in [1.54, 1.807) is 11.3 Å². The molecule has 5 heteroatoms. The van der Waals surface area contributed by atoms with Crippen molar-refractivity contribution >= 4 is 33.7 Å². The first-order valence-electron chi connectivity index (χ1n) is 13.6. The molecule has 5 rings (SSSR count). The topological polar surface area (TPSA) is 59.2 Å². The molecule has 38 heavy (non-hydrogen) atoms. The van der Waals surface area contributed by atoms with Crippen molar-refractivity contribution in [2.75, 3.05) is 13.1 Å². The standard InChI is InChI=1S/C33H37N3OS/c1-21(2)29-26(10-11-28(33(34)37)30(29)22(3)4)31(27-9-5-7-25-8-6-15-35-32(25)27)24-12-16-36(17-13-24)19-23-14-18-38-20-23/h5-11,14-15,18,20-22H,12-13,16-17,19H2,1-4H3,(H2,34,37). The molecule has 2 aromatic carbocycles. The number of carbonyl (C=O) groups excluding carboxylic acids is 1. The molecule has 1 fully saturated rings. The Morgan fingerprint density at radius 1 is 0.921 bits per heavy atom. The molecule has 1 aliphatic rings. The Bertz CT molecular complexity index is 1470. The number of pyridine rings is 1. The molecule has 0 bridgehead atoms. The Morgan fingerprint density at radius 2 is 1.61 bits per heavy atom. The fraction of sp³-hybridized carbons (Fsp3) is 0.333. The number of nitrogens with zero attached hydrogens (tertiary/aromatic N) is 2. The van der Waals surface area contributed by atoms with Crippen molar-refractivity contribution < 1.29 is 4.79 Å². The number of thiophene rings is 1. The van der Waals surface area contributed by atoms with Crippen LogP contribution in [0.15, 0.2) is 71.1 Å². The molecule has 0 atom stereocenters. The highest BCUT2D eigenvalue weighted by Crippen LogP contribution is 2.42. The first-order chi connectivity index (χ1) is 18.3. The van der Waals surface area contributed by atoms with Gasteiger partial charge in [0.1, 0.15) is 0 Å². The Morgan fingerprint density at radius 3 is 2.26 bits per heavy atom. The van der Waals surface area contributed by atoms with Crippen molar-refractivity contribution in [2.45, 2.75) is 58.9 Å². The third kappa shape index (κ3) is 5.18. The number of para-hydroxylation sites is 1. The number of nitrogens with two attached hydrogens (primary N) is 1. The SMILES string of the molecule is CC(C)c1c(C(N)=O)ccc(C(=C2CCN(Cc3ccsc3)CC2)c2cccc3cccnc23)c1C(C)C. The molecule has 0 aliphatic carbocycles. The van der Waals surface area contributed by atoms with Crippen molar-refractivity contribution in [1.82, 2.24) is 9.88 Å². The molecule has 2 aromatic heterocycles. The summed E-state index contributed by atoms with van der Waals surface area (Å²) >= 11 is 1.76.